The molecule has 3 amide bonds. The fourth-order valence-corrected chi connectivity index (χ4v) is 6.59. The molecule has 2 N–H and O–H groups in total. The van der Waals surface area contributed by atoms with Gasteiger partial charge in [0.1, 0.15) is 0 Å². The van der Waals surface area contributed by atoms with Crippen LogP contribution in [-0.2, 0) is 4.79 Å². The Morgan fingerprint density at radius 1 is 0.383 bits per heavy atom. The molecule has 0 saturated carbocycles. The van der Waals surface area contributed by atoms with E-state index in [-0.39, 0.29) is 11.9 Å². The summed E-state index contributed by atoms with van der Waals surface area (Å²) in [6, 6.07) is -0.0973. The van der Waals surface area contributed by atoms with E-state index in [9.17, 15) is 9.59 Å². The monoisotopic (exact) mass is 664 g/mol. The normalized spacial score (nSPS) is 11.2. The summed E-state index contributed by atoms with van der Waals surface area (Å²) in [6.45, 7) is 6.72. The molecule has 0 spiro atoms. The number of nitrogens with zero attached hydrogens (tertiary/aromatic N) is 1. The van der Waals surface area contributed by atoms with Crippen LogP contribution in [0.15, 0.2) is 0 Å². The van der Waals surface area contributed by atoms with Crippen molar-refractivity contribution in [2.45, 2.75) is 232 Å². The second-order valence-electron chi connectivity index (χ2n) is 14.7. The minimum absolute atomic E-state index is 0.0973. The number of carbonyl (C=O) groups is 2. The average molecular weight is 664 g/mol. The molecule has 47 heavy (non-hydrogen) atoms. The number of hydrogen-bond acceptors (Lipinski definition) is 2. The van der Waals surface area contributed by atoms with E-state index in [1.165, 1.54) is 193 Å². The lowest BCUT2D eigenvalue weighted by molar-refractivity contribution is -0.130. The Morgan fingerprint density at radius 3 is 1.00 bits per heavy atom. The Bertz CT molecular complexity index is 641. The molecule has 0 aliphatic heterocycles. The topological polar surface area (TPSA) is 61.4 Å². The van der Waals surface area contributed by atoms with Gasteiger partial charge in [-0.2, -0.15) is 0 Å². The Balaban J connectivity index is 3.36. The Hall–Kier alpha value is -1.26. The van der Waals surface area contributed by atoms with E-state index in [4.69, 9.17) is 0 Å². The van der Waals surface area contributed by atoms with Crippen molar-refractivity contribution in [1.29, 1.82) is 0 Å². The number of unbranched alkanes of at least 4 members (excludes halogenated alkanes) is 30. The van der Waals surface area contributed by atoms with Gasteiger partial charge in [-0.25, -0.2) is 4.79 Å². The first-order chi connectivity index (χ1) is 23.1. The number of nitrogens with one attached hydrogen (secondary N) is 2. The maximum Gasteiger partial charge on any atom is 0.314 e. The smallest absolute Gasteiger partial charge is 0.314 e. The van der Waals surface area contributed by atoms with Gasteiger partial charge in [0.25, 0.3) is 0 Å². The summed E-state index contributed by atoms with van der Waals surface area (Å²) in [5.74, 6) is 0.196. The lowest BCUT2D eigenvalue weighted by atomic mass is 10.0. The molecule has 0 aromatic carbocycles. The molecule has 5 heteroatoms. The van der Waals surface area contributed by atoms with Crippen molar-refractivity contribution in [3.8, 4) is 0 Å². The van der Waals surface area contributed by atoms with Crippen molar-refractivity contribution in [3.63, 3.8) is 0 Å². The first-order valence-corrected chi connectivity index (χ1v) is 21.4. The van der Waals surface area contributed by atoms with Crippen LogP contribution in [0, 0.1) is 0 Å². The molecule has 0 heterocycles. The number of urea groups is 1. The molecule has 280 valence electrons. The number of amides is 3. The highest BCUT2D eigenvalue weighted by molar-refractivity contribution is 5.76. The Labute approximate surface area is 295 Å². The Kier molecular flexibility index (Phi) is 38.1. The zero-order chi connectivity index (χ0) is 34.3. The molecular formula is C42H85N3O2. The van der Waals surface area contributed by atoms with Crippen molar-refractivity contribution in [2.24, 2.45) is 0 Å². The highest BCUT2D eigenvalue weighted by Gasteiger charge is 2.08. The first kappa shape index (κ1) is 45.7. The maximum atomic E-state index is 12.4. The van der Waals surface area contributed by atoms with E-state index in [1.54, 1.807) is 0 Å². The molecule has 0 aliphatic carbocycles. The van der Waals surface area contributed by atoms with Crippen LogP contribution in [0.4, 0.5) is 4.79 Å². The van der Waals surface area contributed by atoms with Crippen LogP contribution in [0.25, 0.3) is 0 Å². The van der Waals surface area contributed by atoms with Crippen LogP contribution in [-0.4, -0.2) is 43.5 Å². The molecule has 0 aromatic rings. The minimum Gasteiger partial charge on any atom is -0.346 e. The average Bonchev–Trinajstić information content (AvgIpc) is 3.07. The zero-order valence-electron chi connectivity index (χ0n) is 32.4. The third-order valence-corrected chi connectivity index (χ3v) is 9.94. The van der Waals surface area contributed by atoms with Crippen LogP contribution >= 0.6 is 0 Å². The zero-order valence-corrected chi connectivity index (χ0v) is 32.4. The summed E-state index contributed by atoms with van der Waals surface area (Å²) in [6.07, 6.45) is 44.9. The summed E-state index contributed by atoms with van der Waals surface area (Å²) in [4.78, 5) is 26.3. The highest BCUT2D eigenvalue weighted by Crippen LogP contribution is 2.15. The van der Waals surface area contributed by atoms with Crippen LogP contribution in [0.5, 0.6) is 0 Å². The Morgan fingerprint density at radius 2 is 0.660 bits per heavy atom. The quantitative estimate of drug-likeness (QED) is 0.0646. The molecule has 0 radical (unpaired) electrons. The minimum atomic E-state index is -0.0973. The van der Waals surface area contributed by atoms with Crippen LogP contribution in [0.2, 0.25) is 0 Å². The van der Waals surface area contributed by atoms with Gasteiger partial charge >= 0.3 is 6.03 Å². The van der Waals surface area contributed by atoms with Crippen LogP contribution in [0.1, 0.15) is 232 Å². The summed E-state index contributed by atoms with van der Waals surface area (Å²) >= 11 is 0. The van der Waals surface area contributed by atoms with Crippen molar-refractivity contribution in [1.82, 2.24) is 15.5 Å². The van der Waals surface area contributed by atoms with Gasteiger partial charge in [0.2, 0.25) is 5.91 Å². The summed E-state index contributed by atoms with van der Waals surface area (Å²) in [5, 5.41) is 5.88. The molecule has 0 unspecified atom stereocenters. The summed E-state index contributed by atoms with van der Waals surface area (Å²) < 4.78 is 0. The molecule has 0 rings (SSSR count). The van der Waals surface area contributed by atoms with Crippen molar-refractivity contribution < 1.29 is 9.59 Å². The summed E-state index contributed by atoms with van der Waals surface area (Å²) in [7, 11) is 1.92. The second kappa shape index (κ2) is 39.2. The standard InChI is InChI=1S/C42H85N3O2/c1-4-6-8-10-12-14-16-18-20-22-24-26-28-30-32-34-38-43-42(47)44-39-36-37-41(46)45(3)40-35-33-31-29-27-25-23-21-19-17-15-13-11-9-7-5-2/h4-40H2,1-3H3,(H2,43,44,47). The van der Waals surface area contributed by atoms with Gasteiger partial charge in [0.05, 0.1) is 0 Å². The van der Waals surface area contributed by atoms with Crippen LogP contribution < -0.4 is 10.6 Å². The molecular weight excluding hydrogens is 578 g/mol. The van der Waals surface area contributed by atoms with Crippen molar-refractivity contribution in [3.05, 3.63) is 0 Å². The molecule has 0 fully saturated rings. The number of hydrogen-bond donors (Lipinski definition) is 2. The molecule has 0 saturated heterocycles. The van der Waals surface area contributed by atoms with E-state index >= 15 is 0 Å². The van der Waals surface area contributed by atoms with Gasteiger partial charge in [-0.05, 0) is 19.3 Å². The summed E-state index contributed by atoms with van der Waals surface area (Å²) in [5.41, 5.74) is 0. The van der Waals surface area contributed by atoms with Gasteiger partial charge in [-0.3, -0.25) is 4.79 Å². The molecule has 0 bridgehead atoms. The third kappa shape index (κ3) is 37.4. The SMILES string of the molecule is CCCCCCCCCCCCCCCCCCNC(=O)NCCCC(=O)N(C)CCCCCCCCCCCCCCCCCC. The van der Waals surface area contributed by atoms with Crippen molar-refractivity contribution in [2.75, 3.05) is 26.7 Å². The van der Waals surface area contributed by atoms with Gasteiger partial charge in [0, 0.05) is 33.1 Å². The fraction of sp³-hybridized carbons (Fsp3) is 0.952. The van der Waals surface area contributed by atoms with Gasteiger partial charge in [-0.15, -0.1) is 0 Å². The molecule has 0 aromatic heterocycles. The van der Waals surface area contributed by atoms with E-state index in [1.807, 2.05) is 11.9 Å². The van der Waals surface area contributed by atoms with Gasteiger partial charge < -0.3 is 15.5 Å². The number of rotatable bonds is 38. The second-order valence-corrected chi connectivity index (χ2v) is 14.7. The van der Waals surface area contributed by atoms with E-state index < -0.39 is 0 Å². The predicted octanol–water partition coefficient (Wildman–Crippen LogP) is 13.0. The van der Waals surface area contributed by atoms with Crippen LogP contribution in [0.3, 0.4) is 0 Å². The van der Waals surface area contributed by atoms with E-state index in [0.717, 1.165) is 25.9 Å². The molecule has 0 aliphatic rings. The third-order valence-electron chi connectivity index (χ3n) is 9.94. The number of carbonyl (C=O) groups excluding carboxylic acids is 2. The maximum absolute atomic E-state index is 12.4. The van der Waals surface area contributed by atoms with Gasteiger partial charge in [0.15, 0.2) is 0 Å². The molecule has 5 nitrogen and oxygen atoms in total. The lowest BCUT2D eigenvalue weighted by Gasteiger charge is -2.17. The highest BCUT2D eigenvalue weighted by atomic mass is 16.2. The first-order valence-electron chi connectivity index (χ1n) is 21.4. The van der Waals surface area contributed by atoms with E-state index in [0.29, 0.717) is 19.4 Å². The fourth-order valence-electron chi connectivity index (χ4n) is 6.59. The lowest BCUT2D eigenvalue weighted by Crippen LogP contribution is -2.37. The van der Waals surface area contributed by atoms with Crippen molar-refractivity contribution >= 4 is 11.9 Å². The van der Waals surface area contributed by atoms with E-state index in [2.05, 4.69) is 24.5 Å². The molecule has 0 atom stereocenters. The predicted molar refractivity (Wildman–Crippen MR) is 207 cm³/mol. The largest absolute Gasteiger partial charge is 0.346 e. The van der Waals surface area contributed by atoms with Gasteiger partial charge in [-0.1, -0.05) is 206 Å².